The average molecular weight is 223 g/mol. The molecule has 0 unspecified atom stereocenters. The summed E-state index contributed by atoms with van der Waals surface area (Å²) in [6, 6.07) is 1.72. The molecule has 4 heteroatoms. The Bertz CT molecular complexity index is 355. The van der Waals surface area contributed by atoms with E-state index in [1.54, 1.807) is 6.07 Å². The summed E-state index contributed by atoms with van der Waals surface area (Å²) in [5.41, 5.74) is 0.475. The fraction of sp³-hybridized carbons (Fsp3) is 0.583. The highest BCUT2D eigenvalue weighted by molar-refractivity contribution is 5.88. The molecule has 0 aliphatic heterocycles. The summed E-state index contributed by atoms with van der Waals surface area (Å²) >= 11 is 0. The number of rotatable bonds is 5. The van der Waals surface area contributed by atoms with Gasteiger partial charge in [0.05, 0.1) is 19.2 Å². The summed E-state index contributed by atoms with van der Waals surface area (Å²) in [6.07, 6.45) is 5.46. The minimum atomic E-state index is -0.353. The molecule has 4 nitrogen and oxygen atoms in total. The van der Waals surface area contributed by atoms with Crippen molar-refractivity contribution in [1.29, 1.82) is 0 Å². The summed E-state index contributed by atoms with van der Waals surface area (Å²) in [6.45, 7) is 1.71. The third kappa shape index (κ3) is 2.64. The van der Waals surface area contributed by atoms with E-state index >= 15 is 0 Å². The lowest BCUT2D eigenvalue weighted by atomic mass is 9.85. The molecule has 0 saturated heterocycles. The Balaban J connectivity index is 1.76. The van der Waals surface area contributed by atoms with Crippen LogP contribution in [-0.2, 0) is 11.3 Å². The maximum absolute atomic E-state index is 11.2. The number of hydrogen-bond donors (Lipinski definition) is 1. The number of methoxy groups -OCH3 is 1. The van der Waals surface area contributed by atoms with Crippen molar-refractivity contribution in [3.63, 3.8) is 0 Å². The molecule has 1 aliphatic carbocycles. The Kier molecular flexibility index (Phi) is 3.62. The van der Waals surface area contributed by atoms with Crippen molar-refractivity contribution in [2.75, 3.05) is 13.7 Å². The molecule has 1 fully saturated rings. The third-order valence-corrected chi connectivity index (χ3v) is 3.03. The summed E-state index contributed by atoms with van der Waals surface area (Å²) in [4.78, 5) is 11.2. The normalized spacial score (nSPS) is 15.8. The first kappa shape index (κ1) is 11.2. The lowest BCUT2D eigenvalue weighted by Gasteiger charge is -2.25. The van der Waals surface area contributed by atoms with Crippen LogP contribution in [0.5, 0.6) is 0 Å². The minimum Gasteiger partial charge on any atom is -0.467 e. The molecule has 1 aliphatic rings. The summed E-state index contributed by atoms with van der Waals surface area (Å²) in [5, 5.41) is 3.33. The van der Waals surface area contributed by atoms with Crippen molar-refractivity contribution >= 4 is 5.97 Å². The molecular formula is C12H17NO3. The van der Waals surface area contributed by atoms with Gasteiger partial charge in [0.1, 0.15) is 12.0 Å². The second-order valence-corrected chi connectivity index (χ2v) is 4.22. The van der Waals surface area contributed by atoms with Crippen LogP contribution in [0.3, 0.4) is 0 Å². The SMILES string of the molecule is COC(=O)c1coc(CNCC2CCC2)c1. The van der Waals surface area contributed by atoms with E-state index in [4.69, 9.17) is 4.42 Å². The Morgan fingerprint density at radius 1 is 1.62 bits per heavy atom. The number of carbonyl (C=O) groups is 1. The Hall–Kier alpha value is -1.29. The van der Waals surface area contributed by atoms with Crippen LogP contribution < -0.4 is 5.32 Å². The standard InChI is InChI=1S/C12H17NO3/c1-15-12(14)10-5-11(16-8-10)7-13-6-9-3-2-4-9/h5,8-9,13H,2-4,6-7H2,1H3. The molecule has 1 saturated carbocycles. The summed E-state index contributed by atoms with van der Waals surface area (Å²) in [5.74, 6) is 1.25. The first-order valence-corrected chi connectivity index (χ1v) is 5.66. The molecule has 2 rings (SSSR count). The molecule has 88 valence electrons. The van der Waals surface area contributed by atoms with Gasteiger partial charge in [-0.05, 0) is 31.4 Å². The van der Waals surface area contributed by atoms with Crippen LogP contribution in [0.1, 0.15) is 35.4 Å². The summed E-state index contributed by atoms with van der Waals surface area (Å²) in [7, 11) is 1.36. The molecular weight excluding hydrogens is 206 g/mol. The molecule has 0 spiro atoms. The van der Waals surface area contributed by atoms with Crippen molar-refractivity contribution in [2.24, 2.45) is 5.92 Å². The maximum atomic E-state index is 11.2. The smallest absolute Gasteiger partial charge is 0.341 e. The van der Waals surface area contributed by atoms with E-state index < -0.39 is 0 Å². The monoisotopic (exact) mass is 223 g/mol. The highest BCUT2D eigenvalue weighted by Crippen LogP contribution is 2.25. The van der Waals surface area contributed by atoms with Crippen LogP contribution in [0.4, 0.5) is 0 Å². The molecule has 1 aromatic rings. The van der Waals surface area contributed by atoms with Gasteiger partial charge in [0.2, 0.25) is 0 Å². The predicted octanol–water partition coefficient (Wildman–Crippen LogP) is 1.96. The lowest BCUT2D eigenvalue weighted by molar-refractivity contribution is 0.0600. The van der Waals surface area contributed by atoms with E-state index in [0.29, 0.717) is 12.1 Å². The summed E-state index contributed by atoms with van der Waals surface area (Å²) < 4.78 is 9.86. The van der Waals surface area contributed by atoms with Gasteiger partial charge in [0, 0.05) is 0 Å². The molecule has 0 bridgehead atoms. The number of carbonyl (C=O) groups excluding carboxylic acids is 1. The molecule has 16 heavy (non-hydrogen) atoms. The van der Waals surface area contributed by atoms with Crippen LogP contribution in [-0.4, -0.2) is 19.6 Å². The molecule has 0 radical (unpaired) electrons. The van der Waals surface area contributed by atoms with E-state index in [1.807, 2.05) is 0 Å². The third-order valence-electron chi connectivity index (χ3n) is 3.03. The van der Waals surface area contributed by atoms with Gasteiger partial charge < -0.3 is 14.5 Å². The second-order valence-electron chi connectivity index (χ2n) is 4.22. The number of hydrogen-bond acceptors (Lipinski definition) is 4. The predicted molar refractivity (Wildman–Crippen MR) is 59.1 cm³/mol. The van der Waals surface area contributed by atoms with Gasteiger partial charge in [-0.1, -0.05) is 6.42 Å². The lowest BCUT2D eigenvalue weighted by Crippen LogP contribution is -2.26. The van der Waals surface area contributed by atoms with Crippen molar-refractivity contribution in [1.82, 2.24) is 5.32 Å². The van der Waals surface area contributed by atoms with Gasteiger partial charge in [-0.2, -0.15) is 0 Å². The largest absolute Gasteiger partial charge is 0.467 e. The topological polar surface area (TPSA) is 51.5 Å². The molecule has 1 N–H and O–H groups in total. The van der Waals surface area contributed by atoms with Crippen LogP contribution >= 0.6 is 0 Å². The van der Waals surface area contributed by atoms with Gasteiger partial charge >= 0.3 is 5.97 Å². The van der Waals surface area contributed by atoms with Crippen LogP contribution in [0, 0.1) is 5.92 Å². The number of ether oxygens (including phenoxy) is 1. The van der Waals surface area contributed by atoms with Gasteiger partial charge in [0.25, 0.3) is 0 Å². The zero-order valence-electron chi connectivity index (χ0n) is 9.49. The molecule has 0 amide bonds. The Morgan fingerprint density at radius 2 is 2.44 bits per heavy atom. The molecule has 0 aromatic carbocycles. The van der Waals surface area contributed by atoms with Gasteiger partial charge in [-0.15, -0.1) is 0 Å². The van der Waals surface area contributed by atoms with Gasteiger partial charge in [0.15, 0.2) is 0 Å². The van der Waals surface area contributed by atoms with E-state index in [2.05, 4.69) is 10.1 Å². The Labute approximate surface area is 95.0 Å². The van der Waals surface area contributed by atoms with Crippen molar-refractivity contribution in [3.8, 4) is 0 Å². The van der Waals surface area contributed by atoms with E-state index in [9.17, 15) is 4.79 Å². The molecule has 0 atom stereocenters. The number of nitrogens with one attached hydrogen (secondary N) is 1. The van der Waals surface area contributed by atoms with Crippen molar-refractivity contribution in [3.05, 3.63) is 23.7 Å². The maximum Gasteiger partial charge on any atom is 0.341 e. The zero-order chi connectivity index (χ0) is 11.4. The van der Waals surface area contributed by atoms with Crippen molar-refractivity contribution in [2.45, 2.75) is 25.8 Å². The molecule has 1 heterocycles. The van der Waals surface area contributed by atoms with E-state index in [1.165, 1.54) is 32.6 Å². The van der Waals surface area contributed by atoms with Crippen molar-refractivity contribution < 1.29 is 13.9 Å². The average Bonchev–Trinajstić information content (AvgIpc) is 2.69. The highest BCUT2D eigenvalue weighted by atomic mass is 16.5. The first-order valence-electron chi connectivity index (χ1n) is 5.66. The zero-order valence-corrected chi connectivity index (χ0v) is 9.49. The first-order chi connectivity index (χ1) is 7.79. The van der Waals surface area contributed by atoms with Crippen LogP contribution in [0.2, 0.25) is 0 Å². The highest BCUT2D eigenvalue weighted by Gasteiger charge is 2.16. The Morgan fingerprint density at radius 3 is 3.06 bits per heavy atom. The minimum absolute atomic E-state index is 0.353. The van der Waals surface area contributed by atoms with Crippen LogP contribution in [0.15, 0.2) is 16.7 Å². The van der Waals surface area contributed by atoms with Gasteiger partial charge in [-0.3, -0.25) is 0 Å². The van der Waals surface area contributed by atoms with Crippen LogP contribution in [0.25, 0.3) is 0 Å². The quantitative estimate of drug-likeness (QED) is 0.775. The van der Waals surface area contributed by atoms with E-state index in [-0.39, 0.29) is 5.97 Å². The second kappa shape index (κ2) is 5.16. The van der Waals surface area contributed by atoms with Gasteiger partial charge in [-0.25, -0.2) is 4.79 Å². The number of esters is 1. The molecule has 1 aromatic heterocycles. The fourth-order valence-electron chi connectivity index (χ4n) is 1.79. The van der Waals surface area contributed by atoms with E-state index in [0.717, 1.165) is 18.2 Å². The number of furan rings is 1. The fourth-order valence-corrected chi connectivity index (χ4v) is 1.79.